The van der Waals surface area contributed by atoms with E-state index in [4.69, 9.17) is 14.2 Å². The topological polar surface area (TPSA) is 60.0 Å². The molecule has 1 aliphatic heterocycles. The lowest BCUT2D eigenvalue weighted by molar-refractivity contribution is -0.116. The summed E-state index contributed by atoms with van der Waals surface area (Å²) < 4.78 is 16.4. The van der Waals surface area contributed by atoms with Crippen LogP contribution in [0.3, 0.4) is 0 Å². The van der Waals surface area contributed by atoms with Crippen LogP contribution in [-0.4, -0.2) is 57.9 Å². The summed E-state index contributed by atoms with van der Waals surface area (Å²) >= 11 is 0. The summed E-state index contributed by atoms with van der Waals surface area (Å²) in [6, 6.07) is 14.2. The van der Waals surface area contributed by atoms with Crippen LogP contribution in [0.2, 0.25) is 0 Å². The quantitative estimate of drug-likeness (QED) is 0.599. The first kappa shape index (κ1) is 23.8. The van der Waals surface area contributed by atoms with Crippen molar-refractivity contribution in [2.75, 3.05) is 47.1 Å². The highest BCUT2D eigenvalue weighted by Gasteiger charge is 2.24. The molecule has 1 heterocycles. The van der Waals surface area contributed by atoms with Gasteiger partial charge in [0.05, 0.1) is 33.5 Å². The highest BCUT2D eigenvalue weighted by Crippen LogP contribution is 2.32. The maximum Gasteiger partial charge on any atom is 0.244 e. The van der Waals surface area contributed by atoms with E-state index in [1.54, 1.807) is 20.3 Å². The molecule has 1 fully saturated rings. The molecule has 1 unspecified atom stereocenters. The fourth-order valence-corrected chi connectivity index (χ4v) is 3.83. The number of nitrogens with one attached hydrogen (secondary N) is 1. The largest absolute Gasteiger partial charge is 0.493 e. The lowest BCUT2D eigenvalue weighted by Crippen LogP contribution is -2.43. The molecule has 172 valence electrons. The molecular formula is C26H34N2O4. The summed E-state index contributed by atoms with van der Waals surface area (Å²) in [6.45, 7) is 7.82. The third kappa shape index (κ3) is 6.34. The van der Waals surface area contributed by atoms with Gasteiger partial charge in [0, 0.05) is 25.7 Å². The molecule has 1 atom stereocenters. The molecule has 1 amide bonds. The maximum atomic E-state index is 12.5. The normalized spacial score (nSPS) is 15.7. The Morgan fingerprint density at radius 2 is 1.69 bits per heavy atom. The minimum atomic E-state index is -0.114. The van der Waals surface area contributed by atoms with E-state index >= 15 is 0 Å². The summed E-state index contributed by atoms with van der Waals surface area (Å²) in [5.74, 6) is 1.74. The maximum absolute atomic E-state index is 12.5. The van der Waals surface area contributed by atoms with E-state index in [1.165, 1.54) is 5.56 Å². The van der Waals surface area contributed by atoms with E-state index < -0.39 is 0 Å². The van der Waals surface area contributed by atoms with Gasteiger partial charge in [0.15, 0.2) is 11.5 Å². The number of morpholine rings is 1. The van der Waals surface area contributed by atoms with Crippen LogP contribution in [0.4, 0.5) is 0 Å². The van der Waals surface area contributed by atoms with Crippen molar-refractivity contribution in [1.29, 1.82) is 0 Å². The molecule has 0 bridgehead atoms. The molecule has 0 aromatic heterocycles. The van der Waals surface area contributed by atoms with E-state index in [0.717, 1.165) is 24.2 Å². The van der Waals surface area contributed by atoms with Gasteiger partial charge >= 0.3 is 0 Å². The number of carbonyl (C=O) groups excluding carboxylic acids is 1. The first-order valence-electron chi connectivity index (χ1n) is 11.1. The van der Waals surface area contributed by atoms with E-state index in [2.05, 4.69) is 36.2 Å². The average Bonchev–Trinajstić information content (AvgIpc) is 2.83. The number of amides is 1. The van der Waals surface area contributed by atoms with Crippen LogP contribution in [0.25, 0.3) is 6.08 Å². The molecule has 2 aromatic rings. The average molecular weight is 439 g/mol. The molecule has 6 heteroatoms. The third-order valence-corrected chi connectivity index (χ3v) is 5.78. The van der Waals surface area contributed by atoms with Crippen molar-refractivity contribution in [3.63, 3.8) is 0 Å². The van der Waals surface area contributed by atoms with Crippen molar-refractivity contribution in [2.45, 2.75) is 25.8 Å². The van der Waals surface area contributed by atoms with Crippen molar-refractivity contribution < 1.29 is 19.0 Å². The van der Waals surface area contributed by atoms with Crippen LogP contribution < -0.4 is 14.8 Å². The van der Waals surface area contributed by atoms with Gasteiger partial charge in [-0.3, -0.25) is 9.69 Å². The van der Waals surface area contributed by atoms with Gasteiger partial charge in [-0.25, -0.2) is 0 Å². The molecule has 32 heavy (non-hydrogen) atoms. The van der Waals surface area contributed by atoms with Gasteiger partial charge in [-0.1, -0.05) is 44.2 Å². The second kappa shape index (κ2) is 11.7. The SMILES string of the molecule is COc1ccc(C(CNC(=O)/C=C/c2ccc(C(C)C)cc2)N2CCOCC2)cc1OC. The Morgan fingerprint density at radius 3 is 2.31 bits per heavy atom. The first-order chi connectivity index (χ1) is 15.5. The summed E-state index contributed by atoms with van der Waals surface area (Å²) in [6.07, 6.45) is 3.44. The molecule has 1 N–H and O–H groups in total. The summed E-state index contributed by atoms with van der Waals surface area (Å²) in [5, 5.41) is 3.06. The Balaban J connectivity index is 1.69. The summed E-state index contributed by atoms with van der Waals surface area (Å²) in [4.78, 5) is 14.9. The van der Waals surface area contributed by atoms with E-state index in [1.807, 2.05) is 36.4 Å². The van der Waals surface area contributed by atoms with Crippen molar-refractivity contribution >= 4 is 12.0 Å². The number of benzene rings is 2. The lowest BCUT2D eigenvalue weighted by Gasteiger charge is -2.35. The molecule has 0 aliphatic carbocycles. The highest BCUT2D eigenvalue weighted by molar-refractivity contribution is 5.91. The van der Waals surface area contributed by atoms with Crippen LogP contribution >= 0.6 is 0 Å². The fraction of sp³-hybridized carbons (Fsp3) is 0.423. The monoisotopic (exact) mass is 438 g/mol. The molecule has 3 rings (SSSR count). The zero-order valence-corrected chi connectivity index (χ0v) is 19.5. The van der Waals surface area contributed by atoms with Crippen LogP contribution in [0, 0.1) is 0 Å². The minimum absolute atomic E-state index is 0.0152. The second-order valence-corrected chi connectivity index (χ2v) is 8.18. The number of nitrogens with zero attached hydrogens (tertiary/aromatic N) is 1. The Morgan fingerprint density at radius 1 is 1.03 bits per heavy atom. The van der Waals surface area contributed by atoms with Crippen LogP contribution in [0.1, 0.15) is 42.5 Å². The number of hydrogen-bond acceptors (Lipinski definition) is 5. The van der Waals surface area contributed by atoms with Gasteiger partial charge in [-0.15, -0.1) is 0 Å². The Bertz CT molecular complexity index is 903. The Labute approximate surface area is 191 Å². The number of rotatable bonds is 9. The molecule has 1 aliphatic rings. The van der Waals surface area contributed by atoms with E-state index in [-0.39, 0.29) is 11.9 Å². The third-order valence-electron chi connectivity index (χ3n) is 5.78. The zero-order chi connectivity index (χ0) is 22.9. The Hall–Kier alpha value is -2.83. The van der Waals surface area contributed by atoms with Crippen LogP contribution in [-0.2, 0) is 9.53 Å². The molecule has 1 saturated heterocycles. The number of carbonyl (C=O) groups is 1. The second-order valence-electron chi connectivity index (χ2n) is 8.18. The van der Waals surface area contributed by atoms with Gasteiger partial charge in [-0.2, -0.15) is 0 Å². The van der Waals surface area contributed by atoms with Crippen molar-refractivity contribution in [3.8, 4) is 11.5 Å². The van der Waals surface area contributed by atoms with E-state index in [0.29, 0.717) is 37.2 Å². The van der Waals surface area contributed by atoms with Crippen molar-refractivity contribution in [2.24, 2.45) is 0 Å². The van der Waals surface area contributed by atoms with Gasteiger partial charge < -0.3 is 19.5 Å². The van der Waals surface area contributed by atoms with Gasteiger partial charge in [0.1, 0.15) is 0 Å². The smallest absolute Gasteiger partial charge is 0.244 e. The minimum Gasteiger partial charge on any atom is -0.493 e. The van der Waals surface area contributed by atoms with Gasteiger partial charge in [0.25, 0.3) is 0 Å². The highest BCUT2D eigenvalue weighted by atomic mass is 16.5. The zero-order valence-electron chi connectivity index (χ0n) is 19.5. The molecule has 0 radical (unpaired) electrons. The van der Waals surface area contributed by atoms with Crippen molar-refractivity contribution in [3.05, 3.63) is 65.2 Å². The van der Waals surface area contributed by atoms with E-state index in [9.17, 15) is 4.79 Å². The number of methoxy groups -OCH3 is 2. The number of hydrogen-bond donors (Lipinski definition) is 1. The van der Waals surface area contributed by atoms with Crippen LogP contribution in [0.15, 0.2) is 48.5 Å². The standard InChI is InChI=1S/C26H34N2O4/c1-19(2)21-8-5-20(6-9-21)7-12-26(29)27-18-23(28-13-15-32-16-14-28)22-10-11-24(30-3)25(17-22)31-4/h5-12,17,19,23H,13-16,18H2,1-4H3,(H,27,29)/b12-7+. The first-order valence-corrected chi connectivity index (χ1v) is 11.1. The molecule has 0 spiro atoms. The summed E-state index contributed by atoms with van der Waals surface area (Å²) in [7, 11) is 3.26. The molecule has 0 saturated carbocycles. The molecule has 2 aromatic carbocycles. The number of ether oxygens (including phenoxy) is 3. The molecule has 6 nitrogen and oxygen atoms in total. The van der Waals surface area contributed by atoms with Gasteiger partial charge in [-0.05, 0) is 40.8 Å². The van der Waals surface area contributed by atoms with Gasteiger partial charge in [0.2, 0.25) is 5.91 Å². The Kier molecular flexibility index (Phi) is 8.71. The summed E-state index contributed by atoms with van der Waals surface area (Å²) in [5.41, 5.74) is 3.36. The van der Waals surface area contributed by atoms with Crippen LogP contribution in [0.5, 0.6) is 11.5 Å². The lowest BCUT2D eigenvalue weighted by atomic mass is 10.0. The predicted molar refractivity (Wildman–Crippen MR) is 127 cm³/mol. The molecular weight excluding hydrogens is 404 g/mol. The fourth-order valence-electron chi connectivity index (χ4n) is 3.83. The predicted octanol–water partition coefficient (Wildman–Crippen LogP) is 4.03. The van der Waals surface area contributed by atoms with Crippen molar-refractivity contribution in [1.82, 2.24) is 10.2 Å².